The van der Waals surface area contributed by atoms with Crippen molar-refractivity contribution >= 4 is 11.6 Å². The van der Waals surface area contributed by atoms with Crippen LogP contribution in [0.1, 0.15) is 0 Å². The molecule has 0 bridgehead atoms. The van der Waals surface area contributed by atoms with Crippen LogP contribution in [0.3, 0.4) is 0 Å². The lowest BCUT2D eigenvalue weighted by Gasteiger charge is -2.41. The molecule has 1 amide bonds. The van der Waals surface area contributed by atoms with Crippen LogP contribution in [-0.2, 0) is 14.3 Å². The second-order valence-corrected chi connectivity index (χ2v) is 5.34. The number of rotatable bonds is 6. The molecule has 5 unspecified atom stereocenters. The Bertz CT molecular complexity index is 539. The van der Waals surface area contributed by atoms with Crippen molar-refractivity contribution in [3.8, 4) is 5.75 Å². The molecular formula is C15H22N2O7. The van der Waals surface area contributed by atoms with Crippen LogP contribution in [0.15, 0.2) is 24.3 Å². The molecule has 0 aromatic heterocycles. The van der Waals surface area contributed by atoms with Crippen molar-refractivity contribution in [2.24, 2.45) is 0 Å². The Kier molecular flexibility index (Phi) is 6.35. The maximum Gasteiger partial charge on any atom is 0.245 e. The SMILES string of the molecule is CNC(=O)COC1C(O)C(CO)OC(Oc2ccc(N)cc2)C1O. The number of nitrogens with one attached hydrogen (secondary N) is 1. The number of carbonyl (C=O) groups excluding carboxylic acids is 1. The number of likely N-dealkylation sites (N-methyl/N-ethyl adjacent to an activating group) is 1. The highest BCUT2D eigenvalue weighted by atomic mass is 16.7. The van der Waals surface area contributed by atoms with Crippen LogP contribution in [0.25, 0.3) is 0 Å². The summed E-state index contributed by atoms with van der Waals surface area (Å²) in [6, 6.07) is 6.40. The number of nitrogen functional groups attached to an aromatic ring is 1. The van der Waals surface area contributed by atoms with Gasteiger partial charge in [-0.05, 0) is 24.3 Å². The summed E-state index contributed by atoms with van der Waals surface area (Å²) in [7, 11) is 1.44. The number of nitrogens with two attached hydrogens (primary N) is 1. The molecule has 1 aliphatic rings. The molecule has 5 atom stereocenters. The molecule has 1 heterocycles. The molecule has 1 aromatic carbocycles. The minimum atomic E-state index is -1.37. The molecule has 1 fully saturated rings. The van der Waals surface area contributed by atoms with Gasteiger partial charge in [0.05, 0.1) is 6.61 Å². The fraction of sp³-hybridized carbons (Fsp3) is 0.533. The van der Waals surface area contributed by atoms with Gasteiger partial charge in [-0.15, -0.1) is 0 Å². The van der Waals surface area contributed by atoms with E-state index < -0.39 is 43.2 Å². The lowest BCUT2D eigenvalue weighted by molar-refractivity contribution is -0.284. The van der Waals surface area contributed by atoms with Gasteiger partial charge in [-0.25, -0.2) is 0 Å². The minimum absolute atomic E-state index is 0.359. The molecule has 9 heteroatoms. The highest BCUT2D eigenvalue weighted by molar-refractivity contribution is 5.76. The van der Waals surface area contributed by atoms with E-state index in [1.165, 1.54) is 7.05 Å². The Morgan fingerprint density at radius 1 is 1.29 bits per heavy atom. The maximum atomic E-state index is 11.3. The number of hydrogen-bond acceptors (Lipinski definition) is 8. The van der Waals surface area contributed by atoms with Gasteiger partial charge in [0.15, 0.2) is 0 Å². The molecular weight excluding hydrogens is 320 g/mol. The first-order chi connectivity index (χ1) is 11.5. The van der Waals surface area contributed by atoms with Crippen LogP contribution in [0.5, 0.6) is 5.75 Å². The van der Waals surface area contributed by atoms with Crippen LogP contribution in [0.4, 0.5) is 5.69 Å². The van der Waals surface area contributed by atoms with Gasteiger partial charge in [-0.3, -0.25) is 4.79 Å². The van der Waals surface area contributed by atoms with Crippen molar-refractivity contribution < 1.29 is 34.3 Å². The first-order valence-corrected chi connectivity index (χ1v) is 7.43. The number of carbonyl (C=O) groups is 1. The number of benzene rings is 1. The first-order valence-electron chi connectivity index (χ1n) is 7.43. The molecule has 9 nitrogen and oxygen atoms in total. The third-order valence-electron chi connectivity index (χ3n) is 3.64. The van der Waals surface area contributed by atoms with E-state index in [9.17, 15) is 20.1 Å². The van der Waals surface area contributed by atoms with Crippen molar-refractivity contribution in [1.29, 1.82) is 0 Å². The van der Waals surface area contributed by atoms with Crippen LogP contribution in [-0.4, -0.2) is 72.2 Å². The molecule has 6 N–H and O–H groups in total. The zero-order valence-electron chi connectivity index (χ0n) is 13.2. The van der Waals surface area contributed by atoms with Gasteiger partial charge >= 0.3 is 0 Å². The van der Waals surface area contributed by atoms with Crippen molar-refractivity contribution in [2.45, 2.75) is 30.7 Å². The average molecular weight is 342 g/mol. The number of anilines is 1. The number of aliphatic hydroxyl groups is 3. The summed E-state index contributed by atoms with van der Waals surface area (Å²) in [5, 5.41) is 32.2. The minimum Gasteiger partial charge on any atom is -0.462 e. The zero-order chi connectivity index (χ0) is 17.7. The second kappa shape index (κ2) is 8.27. The predicted octanol–water partition coefficient (Wildman–Crippen LogP) is -1.78. The zero-order valence-corrected chi connectivity index (χ0v) is 13.2. The van der Waals surface area contributed by atoms with Gasteiger partial charge in [-0.1, -0.05) is 0 Å². The van der Waals surface area contributed by atoms with Crippen molar-refractivity contribution in [1.82, 2.24) is 5.32 Å². The first kappa shape index (κ1) is 18.4. The monoisotopic (exact) mass is 342 g/mol. The number of hydrogen-bond donors (Lipinski definition) is 5. The van der Waals surface area contributed by atoms with E-state index in [0.717, 1.165) is 0 Å². The Balaban J connectivity index is 2.09. The molecule has 1 saturated heterocycles. The van der Waals surface area contributed by atoms with Gasteiger partial charge in [-0.2, -0.15) is 0 Å². The van der Waals surface area contributed by atoms with Gasteiger partial charge in [0.2, 0.25) is 12.2 Å². The smallest absolute Gasteiger partial charge is 0.245 e. The van der Waals surface area contributed by atoms with Gasteiger partial charge in [0.1, 0.15) is 36.8 Å². The summed E-state index contributed by atoms with van der Waals surface area (Å²) in [5.74, 6) is -0.0381. The number of amides is 1. The van der Waals surface area contributed by atoms with Gasteiger partial charge < -0.3 is 40.6 Å². The maximum absolute atomic E-state index is 11.3. The molecule has 0 aliphatic carbocycles. The Morgan fingerprint density at radius 2 is 1.96 bits per heavy atom. The second-order valence-electron chi connectivity index (χ2n) is 5.34. The molecule has 1 aromatic rings. The Morgan fingerprint density at radius 3 is 2.54 bits per heavy atom. The third kappa shape index (κ3) is 4.34. The number of ether oxygens (including phenoxy) is 3. The highest BCUT2D eigenvalue weighted by Gasteiger charge is 2.46. The van der Waals surface area contributed by atoms with E-state index in [2.05, 4.69) is 5.32 Å². The fourth-order valence-electron chi connectivity index (χ4n) is 2.27. The van der Waals surface area contributed by atoms with Gasteiger partial charge in [0, 0.05) is 12.7 Å². The van der Waals surface area contributed by atoms with E-state index in [1.807, 2.05) is 0 Å². The topological polar surface area (TPSA) is 144 Å². The summed E-state index contributed by atoms with van der Waals surface area (Å²) >= 11 is 0. The summed E-state index contributed by atoms with van der Waals surface area (Å²) < 4.78 is 16.2. The molecule has 0 saturated carbocycles. The Hall–Kier alpha value is -1.91. The van der Waals surface area contributed by atoms with Gasteiger partial charge in [0.25, 0.3) is 0 Å². The summed E-state index contributed by atoms with van der Waals surface area (Å²) in [5.41, 5.74) is 6.14. The summed E-state index contributed by atoms with van der Waals surface area (Å²) in [6.07, 6.45) is -6.07. The normalized spacial score (nSPS) is 29.9. The largest absolute Gasteiger partial charge is 0.462 e. The molecule has 134 valence electrons. The van der Waals surface area contributed by atoms with Crippen molar-refractivity contribution in [3.63, 3.8) is 0 Å². The molecule has 0 spiro atoms. The van der Waals surface area contributed by atoms with Crippen LogP contribution in [0, 0.1) is 0 Å². The lowest BCUT2D eigenvalue weighted by atomic mass is 9.99. The van der Waals surface area contributed by atoms with E-state index in [0.29, 0.717) is 11.4 Å². The van der Waals surface area contributed by atoms with Crippen molar-refractivity contribution in [3.05, 3.63) is 24.3 Å². The average Bonchev–Trinajstić information content (AvgIpc) is 2.58. The standard InChI is InChI=1S/C15H22N2O7/c1-17-11(19)7-22-14-12(20)10(6-18)24-15(13(14)21)23-9-4-2-8(16)3-5-9/h2-5,10,12-15,18,20-21H,6-7,16H2,1H3,(H,17,19). The number of aliphatic hydroxyl groups excluding tert-OH is 3. The fourth-order valence-corrected chi connectivity index (χ4v) is 2.27. The quantitative estimate of drug-likeness (QED) is 0.382. The summed E-state index contributed by atoms with van der Waals surface area (Å²) in [6.45, 7) is -0.864. The van der Waals surface area contributed by atoms with E-state index in [1.54, 1.807) is 24.3 Å². The van der Waals surface area contributed by atoms with E-state index >= 15 is 0 Å². The summed E-state index contributed by atoms with van der Waals surface area (Å²) in [4.78, 5) is 11.3. The lowest BCUT2D eigenvalue weighted by Crippen LogP contribution is -2.61. The van der Waals surface area contributed by atoms with Crippen LogP contribution < -0.4 is 15.8 Å². The predicted molar refractivity (Wildman–Crippen MR) is 83.0 cm³/mol. The highest BCUT2D eigenvalue weighted by Crippen LogP contribution is 2.26. The van der Waals surface area contributed by atoms with Crippen molar-refractivity contribution in [2.75, 3.05) is 26.0 Å². The van der Waals surface area contributed by atoms with Crippen LogP contribution in [0.2, 0.25) is 0 Å². The van der Waals surface area contributed by atoms with E-state index in [-0.39, 0.29) is 6.61 Å². The molecule has 24 heavy (non-hydrogen) atoms. The van der Waals surface area contributed by atoms with E-state index in [4.69, 9.17) is 19.9 Å². The van der Waals surface area contributed by atoms with Crippen LogP contribution >= 0.6 is 0 Å². The Labute approximate surface area is 138 Å². The molecule has 1 aliphatic heterocycles. The third-order valence-corrected chi connectivity index (χ3v) is 3.64. The molecule has 0 radical (unpaired) electrons. The molecule has 2 rings (SSSR count).